The summed E-state index contributed by atoms with van der Waals surface area (Å²) < 4.78 is 0. The van der Waals surface area contributed by atoms with Gasteiger partial charge in [-0.05, 0) is 43.7 Å². The fourth-order valence-electron chi connectivity index (χ4n) is 2.88. The van der Waals surface area contributed by atoms with Crippen LogP contribution in [0.2, 0.25) is 0 Å². The Morgan fingerprint density at radius 1 is 1.19 bits per heavy atom. The third-order valence-electron chi connectivity index (χ3n) is 3.83. The molecule has 0 bridgehead atoms. The van der Waals surface area contributed by atoms with Gasteiger partial charge in [-0.15, -0.1) is 0 Å². The van der Waals surface area contributed by atoms with E-state index in [4.69, 9.17) is 0 Å². The second-order valence-corrected chi connectivity index (χ2v) is 5.34. The number of rotatable bonds is 4. The molecule has 0 saturated carbocycles. The van der Waals surface area contributed by atoms with E-state index in [1.807, 2.05) is 0 Å². The summed E-state index contributed by atoms with van der Waals surface area (Å²) >= 11 is 0. The molecule has 1 heteroatoms. The van der Waals surface area contributed by atoms with Gasteiger partial charge in [-0.3, -0.25) is 0 Å². The predicted octanol–water partition coefficient (Wildman–Crippen LogP) is 3.21. The standard InChI is InChI=1S/C15H23N/c1-13-11-16(2)12-15(13)10-6-9-14-7-4-3-5-8-14/h3-5,7-8,13,15H,6,9-12H2,1-2H3. The van der Waals surface area contributed by atoms with Crippen LogP contribution in [0.3, 0.4) is 0 Å². The number of likely N-dealkylation sites (tertiary alicyclic amines) is 1. The Hall–Kier alpha value is -0.820. The van der Waals surface area contributed by atoms with Crippen LogP contribution < -0.4 is 0 Å². The first-order valence-corrected chi connectivity index (χ1v) is 6.48. The number of aryl methyl sites for hydroxylation is 1. The molecule has 1 aromatic carbocycles. The van der Waals surface area contributed by atoms with E-state index >= 15 is 0 Å². The molecule has 0 radical (unpaired) electrons. The van der Waals surface area contributed by atoms with E-state index in [0.717, 1.165) is 11.8 Å². The van der Waals surface area contributed by atoms with Crippen molar-refractivity contribution in [2.75, 3.05) is 20.1 Å². The van der Waals surface area contributed by atoms with Crippen molar-refractivity contribution in [1.82, 2.24) is 4.90 Å². The van der Waals surface area contributed by atoms with Crippen molar-refractivity contribution in [1.29, 1.82) is 0 Å². The summed E-state index contributed by atoms with van der Waals surface area (Å²) in [7, 11) is 2.24. The van der Waals surface area contributed by atoms with Crippen molar-refractivity contribution in [3.8, 4) is 0 Å². The van der Waals surface area contributed by atoms with Gasteiger partial charge in [0.2, 0.25) is 0 Å². The second-order valence-electron chi connectivity index (χ2n) is 5.34. The van der Waals surface area contributed by atoms with Crippen LogP contribution in [0.25, 0.3) is 0 Å². The lowest BCUT2D eigenvalue weighted by Gasteiger charge is -2.13. The molecular formula is C15H23N. The van der Waals surface area contributed by atoms with Gasteiger partial charge < -0.3 is 4.90 Å². The number of hydrogen-bond donors (Lipinski definition) is 0. The molecule has 1 saturated heterocycles. The van der Waals surface area contributed by atoms with Gasteiger partial charge in [0, 0.05) is 13.1 Å². The highest BCUT2D eigenvalue weighted by Crippen LogP contribution is 2.26. The van der Waals surface area contributed by atoms with Crippen molar-refractivity contribution in [3.05, 3.63) is 35.9 Å². The first-order valence-electron chi connectivity index (χ1n) is 6.48. The largest absolute Gasteiger partial charge is 0.306 e. The quantitative estimate of drug-likeness (QED) is 0.748. The third-order valence-corrected chi connectivity index (χ3v) is 3.83. The zero-order valence-electron chi connectivity index (χ0n) is 10.5. The summed E-state index contributed by atoms with van der Waals surface area (Å²) in [5.41, 5.74) is 1.49. The number of benzene rings is 1. The van der Waals surface area contributed by atoms with Crippen LogP contribution in [-0.2, 0) is 6.42 Å². The molecule has 0 spiro atoms. The van der Waals surface area contributed by atoms with E-state index in [9.17, 15) is 0 Å². The van der Waals surface area contributed by atoms with Gasteiger partial charge in [-0.25, -0.2) is 0 Å². The highest BCUT2D eigenvalue weighted by atomic mass is 15.1. The molecule has 16 heavy (non-hydrogen) atoms. The Bertz CT molecular complexity index is 306. The molecule has 0 amide bonds. The highest BCUT2D eigenvalue weighted by Gasteiger charge is 2.26. The Balaban J connectivity index is 1.72. The lowest BCUT2D eigenvalue weighted by Crippen LogP contribution is -2.13. The van der Waals surface area contributed by atoms with Crippen molar-refractivity contribution in [2.45, 2.75) is 26.2 Å². The van der Waals surface area contributed by atoms with Crippen molar-refractivity contribution >= 4 is 0 Å². The van der Waals surface area contributed by atoms with E-state index in [-0.39, 0.29) is 0 Å². The summed E-state index contributed by atoms with van der Waals surface area (Å²) in [6.45, 7) is 4.99. The van der Waals surface area contributed by atoms with Crippen LogP contribution in [0.4, 0.5) is 0 Å². The Morgan fingerprint density at radius 2 is 1.94 bits per heavy atom. The van der Waals surface area contributed by atoms with Crippen LogP contribution in [0, 0.1) is 11.8 Å². The van der Waals surface area contributed by atoms with Gasteiger partial charge in [0.05, 0.1) is 0 Å². The van der Waals surface area contributed by atoms with E-state index in [0.29, 0.717) is 0 Å². The van der Waals surface area contributed by atoms with Crippen LogP contribution >= 0.6 is 0 Å². The molecule has 1 aliphatic rings. The predicted molar refractivity (Wildman–Crippen MR) is 69.5 cm³/mol. The normalized spacial score (nSPS) is 26.1. The smallest absolute Gasteiger partial charge is 0.000975 e. The fraction of sp³-hybridized carbons (Fsp3) is 0.600. The Labute approximate surface area is 99.5 Å². The summed E-state index contributed by atoms with van der Waals surface area (Å²) in [5.74, 6) is 1.81. The second kappa shape index (κ2) is 5.49. The Morgan fingerprint density at radius 3 is 2.56 bits per heavy atom. The molecule has 0 aliphatic carbocycles. The van der Waals surface area contributed by atoms with E-state index in [2.05, 4.69) is 49.2 Å². The molecule has 1 aliphatic heterocycles. The van der Waals surface area contributed by atoms with Gasteiger partial charge >= 0.3 is 0 Å². The average Bonchev–Trinajstić information content (AvgIpc) is 2.59. The van der Waals surface area contributed by atoms with Crippen LogP contribution in [0.15, 0.2) is 30.3 Å². The van der Waals surface area contributed by atoms with Crippen molar-refractivity contribution in [3.63, 3.8) is 0 Å². The van der Waals surface area contributed by atoms with E-state index in [1.165, 1.54) is 37.9 Å². The molecule has 1 heterocycles. The minimum absolute atomic E-state index is 0.890. The van der Waals surface area contributed by atoms with Gasteiger partial charge in [-0.2, -0.15) is 0 Å². The minimum atomic E-state index is 0.890. The lowest BCUT2D eigenvalue weighted by atomic mass is 9.92. The van der Waals surface area contributed by atoms with Gasteiger partial charge in [0.25, 0.3) is 0 Å². The van der Waals surface area contributed by atoms with E-state index < -0.39 is 0 Å². The van der Waals surface area contributed by atoms with Gasteiger partial charge in [-0.1, -0.05) is 37.3 Å². The molecule has 2 unspecified atom stereocenters. The molecule has 1 nitrogen and oxygen atoms in total. The van der Waals surface area contributed by atoms with Gasteiger partial charge in [0.15, 0.2) is 0 Å². The minimum Gasteiger partial charge on any atom is -0.306 e. The summed E-state index contributed by atoms with van der Waals surface area (Å²) in [4.78, 5) is 2.47. The summed E-state index contributed by atoms with van der Waals surface area (Å²) in [6.07, 6.45) is 3.97. The maximum absolute atomic E-state index is 2.47. The summed E-state index contributed by atoms with van der Waals surface area (Å²) in [6, 6.07) is 10.9. The molecule has 0 N–H and O–H groups in total. The maximum Gasteiger partial charge on any atom is 0.000975 e. The van der Waals surface area contributed by atoms with Crippen molar-refractivity contribution in [2.24, 2.45) is 11.8 Å². The Kier molecular flexibility index (Phi) is 4.00. The molecule has 88 valence electrons. The highest BCUT2D eigenvalue weighted by molar-refractivity contribution is 5.14. The van der Waals surface area contributed by atoms with Crippen molar-refractivity contribution < 1.29 is 0 Å². The zero-order valence-corrected chi connectivity index (χ0v) is 10.5. The van der Waals surface area contributed by atoms with E-state index in [1.54, 1.807) is 0 Å². The zero-order chi connectivity index (χ0) is 11.4. The number of hydrogen-bond acceptors (Lipinski definition) is 1. The molecule has 1 fully saturated rings. The lowest BCUT2D eigenvalue weighted by molar-refractivity contribution is 0.383. The van der Waals surface area contributed by atoms with Crippen LogP contribution in [-0.4, -0.2) is 25.0 Å². The third kappa shape index (κ3) is 3.08. The van der Waals surface area contributed by atoms with Crippen LogP contribution in [0.1, 0.15) is 25.3 Å². The maximum atomic E-state index is 2.47. The van der Waals surface area contributed by atoms with Crippen LogP contribution in [0.5, 0.6) is 0 Å². The monoisotopic (exact) mass is 217 g/mol. The molecule has 1 aromatic rings. The summed E-state index contributed by atoms with van der Waals surface area (Å²) in [5, 5.41) is 0. The SMILES string of the molecule is CC1CN(C)CC1CCCc1ccccc1. The fourth-order valence-corrected chi connectivity index (χ4v) is 2.88. The molecule has 2 atom stereocenters. The molecule has 0 aromatic heterocycles. The van der Waals surface area contributed by atoms with Gasteiger partial charge in [0.1, 0.15) is 0 Å². The molecular weight excluding hydrogens is 194 g/mol. The first-order chi connectivity index (χ1) is 7.75. The average molecular weight is 217 g/mol. The topological polar surface area (TPSA) is 3.24 Å². The molecule has 2 rings (SSSR count). The first kappa shape index (κ1) is 11.7. The number of nitrogens with zero attached hydrogens (tertiary/aromatic N) is 1.